The number of nitrogens with zero attached hydrogens (tertiary/aromatic N) is 3. The number of nitrogens with one attached hydrogen (secondary N) is 1. The minimum Gasteiger partial charge on any atom is -0.290 e. The van der Waals surface area contributed by atoms with Crippen molar-refractivity contribution >= 4 is 27.7 Å². The number of rotatable bonds is 3. The number of hydrogen-bond donors (Lipinski definition) is 1. The van der Waals surface area contributed by atoms with Crippen molar-refractivity contribution in [2.24, 2.45) is 0 Å². The van der Waals surface area contributed by atoms with Crippen molar-refractivity contribution in [1.82, 2.24) is 14.2 Å². The van der Waals surface area contributed by atoms with Gasteiger partial charge in [-0.2, -0.15) is 0 Å². The van der Waals surface area contributed by atoms with Gasteiger partial charge in [0.2, 0.25) is 0 Å². The fourth-order valence-electron chi connectivity index (χ4n) is 2.87. The molecule has 0 spiro atoms. The summed E-state index contributed by atoms with van der Waals surface area (Å²) >= 11 is 0. The number of hydrogen-bond acceptors (Lipinski definition) is 3. The first-order chi connectivity index (χ1) is 11.7. The molecule has 4 rings (SSSR count). The maximum Gasteiger partial charge on any atom is 0.347 e. The van der Waals surface area contributed by atoms with Crippen molar-refractivity contribution < 1.29 is 4.79 Å². The summed E-state index contributed by atoms with van der Waals surface area (Å²) in [6.07, 6.45) is 2.95. The van der Waals surface area contributed by atoms with Crippen molar-refractivity contribution in [2.75, 3.05) is 5.43 Å². The second-order valence-electron chi connectivity index (χ2n) is 5.43. The van der Waals surface area contributed by atoms with Gasteiger partial charge >= 0.3 is 5.69 Å². The second-order valence-corrected chi connectivity index (χ2v) is 5.43. The summed E-state index contributed by atoms with van der Waals surface area (Å²) < 4.78 is 3.03. The highest BCUT2D eigenvalue weighted by molar-refractivity contribution is 6.09. The van der Waals surface area contributed by atoms with Gasteiger partial charge in [-0.25, -0.2) is 9.78 Å². The summed E-state index contributed by atoms with van der Waals surface area (Å²) in [5.74, 6) is -0.295. The number of amides is 1. The average Bonchev–Trinajstić information content (AvgIpc) is 2.92. The number of para-hydroxylation sites is 2. The number of aromatic nitrogens is 3. The zero-order chi connectivity index (χ0) is 16.5. The van der Waals surface area contributed by atoms with E-state index in [1.165, 1.54) is 10.8 Å². The van der Waals surface area contributed by atoms with Crippen LogP contribution in [0.3, 0.4) is 0 Å². The van der Waals surface area contributed by atoms with E-state index in [1.807, 2.05) is 48.5 Å². The molecule has 2 aromatic heterocycles. The largest absolute Gasteiger partial charge is 0.347 e. The van der Waals surface area contributed by atoms with E-state index in [4.69, 9.17) is 0 Å². The molecule has 2 aromatic carbocycles. The molecule has 4 aromatic rings. The van der Waals surface area contributed by atoms with Crippen LogP contribution in [0, 0.1) is 0 Å². The Morgan fingerprint density at radius 3 is 2.21 bits per heavy atom. The van der Waals surface area contributed by atoms with Crippen LogP contribution in [0.25, 0.3) is 21.8 Å². The van der Waals surface area contributed by atoms with Gasteiger partial charge in [-0.15, -0.1) is 0 Å². The van der Waals surface area contributed by atoms with E-state index in [9.17, 15) is 9.59 Å². The van der Waals surface area contributed by atoms with E-state index in [2.05, 4.69) is 10.4 Å². The van der Waals surface area contributed by atoms with Crippen LogP contribution in [0.2, 0.25) is 0 Å². The maximum absolute atomic E-state index is 12.4. The molecular formula is C18H14N4O2. The predicted molar refractivity (Wildman–Crippen MR) is 92.3 cm³/mol. The lowest BCUT2D eigenvalue weighted by Crippen LogP contribution is -2.31. The Morgan fingerprint density at radius 1 is 0.958 bits per heavy atom. The molecule has 0 radical (unpaired) electrons. The molecule has 6 heteroatoms. The van der Waals surface area contributed by atoms with Crippen LogP contribution in [-0.4, -0.2) is 20.1 Å². The first-order valence-corrected chi connectivity index (χ1v) is 7.53. The zero-order valence-electron chi connectivity index (χ0n) is 12.7. The topological polar surface area (TPSA) is 68.9 Å². The fourth-order valence-corrected chi connectivity index (χ4v) is 2.87. The summed E-state index contributed by atoms with van der Waals surface area (Å²) in [5.41, 5.74) is 4.24. The first-order valence-electron chi connectivity index (χ1n) is 7.53. The standard InChI is InChI=1S/C18H14N4O2/c23-17(12-21-11-5-10-19-18(21)24)20-22-15-8-3-1-6-13(15)14-7-2-4-9-16(14)22/h1-11H,12H2,(H,20,23). The average molecular weight is 318 g/mol. The summed E-state index contributed by atoms with van der Waals surface area (Å²) in [5, 5.41) is 2.12. The minimum absolute atomic E-state index is 0.0898. The number of carbonyl (C=O) groups is 1. The molecule has 0 aliphatic carbocycles. The quantitative estimate of drug-likeness (QED) is 0.629. The van der Waals surface area contributed by atoms with Crippen molar-refractivity contribution in [1.29, 1.82) is 0 Å². The van der Waals surface area contributed by atoms with Crippen molar-refractivity contribution in [2.45, 2.75) is 6.54 Å². The third-order valence-electron chi connectivity index (χ3n) is 3.91. The summed E-state index contributed by atoms with van der Waals surface area (Å²) in [6.45, 7) is -0.0898. The monoisotopic (exact) mass is 318 g/mol. The SMILES string of the molecule is O=C(Cn1cccnc1=O)Nn1c2ccccc2c2ccccc21. The number of benzene rings is 2. The first kappa shape index (κ1) is 14.2. The Hall–Kier alpha value is -3.41. The smallest absolute Gasteiger partial charge is 0.290 e. The summed E-state index contributed by atoms with van der Waals surface area (Å²) in [6, 6.07) is 17.3. The van der Waals surface area contributed by atoms with E-state index in [0.29, 0.717) is 0 Å². The zero-order valence-corrected chi connectivity index (χ0v) is 12.7. The number of fused-ring (bicyclic) bond motifs is 3. The van der Waals surface area contributed by atoms with Crippen molar-refractivity contribution in [3.63, 3.8) is 0 Å². The Balaban J connectivity index is 1.75. The van der Waals surface area contributed by atoms with Gasteiger partial charge in [0.1, 0.15) is 6.54 Å². The fraction of sp³-hybridized carbons (Fsp3) is 0.0556. The molecular weight excluding hydrogens is 304 g/mol. The Morgan fingerprint density at radius 2 is 1.58 bits per heavy atom. The van der Waals surface area contributed by atoms with Crippen molar-refractivity contribution in [3.8, 4) is 0 Å². The van der Waals surface area contributed by atoms with Crippen LogP contribution in [-0.2, 0) is 11.3 Å². The van der Waals surface area contributed by atoms with Gasteiger partial charge in [-0.3, -0.25) is 19.5 Å². The highest BCUT2D eigenvalue weighted by Gasteiger charge is 2.12. The molecule has 1 amide bonds. The molecule has 0 unspecified atom stereocenters. The van der Waals surface area contributed by atoms with Gasteiger partial charge in [0, 0.05) is 23.2 Å². The highest BCUT2D eigenvalue weighted by Crippen LogP contribution is 2.27. The van der Waals surface area contributed by atoms with Gasteiger partial charge in [-0.1, -0.05) is 36.4 Å². The molecule has 1 N–H and O–H groups in total. The maximum atomic E-state index is 12.4. The lowest BCUT2D eigenvalue weighted by Gasteiger charge is -2.10. The molecule has 2 heterocycles. The molecule has 0 aliphatic heterocycles. The lowest BCUT2D eigenvalue weighted by atomic mass is 10.2. The molecule has 0 fully saturated rings. The van der Waals surface area contributed by atoms with Crippen LogP contribution in [0.5, 0.6) is 0 Å². The second kappa shape index (κ2) is 5.66. The summed E-state index contributed by atoms with van der Waals surface area (Å²) in [7, 11) is 0. The molecule has 24 heavy (non-hydrogen) atoms. The van der Waals surface area contributed by atoms with Crippen LogP contribution < -0.4 is 11.1 Å². The minimum atomic E-state index is -0.449. The predicted octanol–water partition coefficient (Wildman–Crippen LogP) is 2.12. The molecule has 118 valence electrons. The molecule has 0 atom stereocenters. The Labute approximate surface area is 136 Å². The summed E-state index contributed by atoms with van der Waals surface area (Å²) in [4.78, 5) is 27.7. The van der Waals surface area contributed by atoms with Gasteiger partial charge in [-0.05, 0) is 18.2 Å². The van der Waals surface area contributed by atoms with Crippen LogP contribution in [0.1, 0.15) is 0 Å². The molecule has 0 saturated carbocycles. The van der Waals surface area contributed by atoms with E-state index in [1.54, 1.807) is 16.9 Å². The van der Waals surface area contributed by atoms with E-state index in [-0.39, 0.29) is 12.5 Å². The van der Waals surface area contributed by atoms with Gasteiger partial charge in [0.05, 0.1) is 11.0 Å². The van der Waals surface area contributed by atoms with Crippen LogP contribution >= 0.6 is 0 Å². The lowest BCUT2D eigenvalue weighted by molar-refractivity contribution is -0.117. The Kier molecular flexibility index (Phi) is 3.35. The molecule has 6 nitrogen and oxygen atoms in total. The molecule has 0 saturated heterocycles. The highest BCUT2D eigenvalue weighted by atomic mass is 16.2. The van der Waals surface area contributed by atoms with Gasteiger partial charge < -0.3 is 0 Å². The molecule has 0 aliphatic rings. The third-order valence-corrected chi connectivity index (χ3v) is 3.91. The Bertz CT molecular complexity index is 1060. The molecule has 0 bridgehead atoms. The van der Waals surface area contributed by atoms with E-state index in [0.717, 1.165) is 21.8 Å². The number of carbonyl (C=O) groups excluding carboxylic acids is 1. The normalized spacial score (nSPS) is 11.0. The van der Waals surface area contributed by atoms with Crippen LogP contribution in [0.4, 0.5) is 0 Å². The van der Waals surface area contributed by atoms with E-state index < -0.39 is 5.69 Å². The van der Waals surface area contributed by atoms with Gasteiger partial charge in [0.25, 0.3) is 5.91 Å². The van der Waals surface area contributed by atoms with Gasteiger partial charge in [0.15, 0.2) is 0 Å². The van der Waals surface area contributed by atoms with Crippen molar-refractivity contribution in [3.05, 3.63) is 77.5 Å². The van der Waals surface area contributed by atoms with E-state index >= 15 is 0 Å². The third kappa shape index (κ3) is 2.34. The van der Waals surface area contributed by atoms with Crippen LogP contribution in [0.15, 0.2) is 71.8 Å².